The van der Waals surface area contributed by atoms with Gasteiger partial charge in [-0.3, -0.25) is 9.59 Å². The van der Waals surface area contributed by atoms with Crippen molar-refractivity contribution in [2.45, 2.75) is 52.4 Å². The van der Waals surface area contributed by atoms with E-state index in [4.69, 9.17) is 23.7 Å². The van der Waals surface area contributed by atoms with Gasteiger partial charge in [-0.05, 0) is 70.1 Å². The Morgan fingerprint density at radius 2 is 1.53 bits per heavy atom. The van der Waals surface area contributed by atoms with Crippen molar-refractivity contribution in [1.82, 2.24) is 0 Å². The van der Waals surface area contributed by atoms with E-state index in [-0.39, 0.29) is 48.9 Å². The first-order chi connectivity index (χ1) is 17.3. The predicted molar refractivity (Wildman–Crippen MR) is 130 cm³/mol. The lowest BCUT2D eigenvalue weighted by molar-refractivity contribution is -0.152. The third-order valence-electron chi connectivity index (χ3n) is 5.82. The third-order valence-corrected chi connectivity index (χ3v) is 5.82. The smallest absolute Gasteiger partial charge is 0.342 e. The van der Waals surface area contributed by atoms with Crippen molar-refractivity contribution in [3.8, 4) is 5.75 Å². The molecule has 1 aromatic carbocycles. The second kappa shape index (κ2) is 15.7. The molecule has 1 aliphatic rings. The minimum Gasteiger partial charge on any atom is -0.465 e. The topological polar surface area (TPSA) is 114 Å². The number of hydrogen-bond donors (Lipinski definition) is 0. The van der Waals surface area contributed by atoms with Crippen LogP contribution in [0.4, 0.5) is 0 Å². The van der Waals surface area contributed by atoms with Crippen LogP contribution in [0.15, 0.2) is 30.9 Å². The van der Waals surface area contributed by atoms with Gasteiger partial charge in [-0.2, -0.15) is 0 Å². The van der Waals surface area contributed by atoms with E-state index in [9.17, 15) is 19.2 Å². The van der Waals surface area contributed by atoms with E-state index in [1.54, 1.807) is 18.2 Å². The highest BCUT2D eigenvalue weighted by Gasteiger charge is 2.32. The maximum atomic E-state index is 12.8. The first-order valence-electron chi connectivity index (χ1n) is 12.4. The molecule has 36 heavy (non-hydrogen) atoms. The van der Waals surface area contributed by atoms with Crippen molar-refractivity contribution in [2.24, 2.45) is 11.8 Å². The van der Waals surface area contributed by atoms with Gasteiger partial charge in [0.2, 0.25) is 0 Å². The molecule has 0 unspecified atom stereocenters. The molecule has 2 rings (SSSR count). The number of hydrogen-bond acceptors (Lipinski definition) is 9. The van der Waals surface area contributed by atoms with Crippen molar-refractivity contribution in [2.75, 3.05) is 33.0 Å². The highest BCUT2D eigenvalue weighted by molar-refractivity contribution is 5.94. The monoisotopic (exact) mass is 504 g/mol. The van der Waals surface area contributed by atoms with Crippen LogP contribution in [-0.4, -0.2) is 56.9 Å². The fourth-order valence-corrected chi connectivity index (χ4v) is 3.79. The van der Waals surface area contributed by atoms with E-state index >= 15 is 0 Å². The zero-order valence-electron chi connectivity index (χ0n) is 21.1. The molecular formula is C27H36O9. The lowest BCUT2D eigenvalue weighted by Gasteiger charge is -2.26. The second-order valence-electron chi connectivity index (χ2n) is 8.55. The van der Waals surface area contributed by atoms with Gasteiger partial charge < -0.3 is 23.7 Å². The molecule has 1 fully saturated rings. The van der Waals surface area contributed by atoms with Gasteiger partial charge in [0, 0.05) is 12.7 Å². The number of aryl methyl sites for hydroxylation is 1. The lowest BCUT2D eigenvalue weighted by Crippen LogP contribution is -2.30. The summed E-state index contributed by atoms with van der Waals surface area (Å²) in [5.41, 5.74) is 1.03. The Bertz CT molecular complexity index is 901. The Morgan fingerprint density at radius 3 is 2.17 bits per heavy atom. The molecule has 1 saturated carbocycles. The molecule has 0 radical (unpaired) electrons. The summed E-state index contributed by atoms with van der Waals surface area (Å²) in [5.74, 6) is -2.22. The van der Waals surface area contributed by atoms with Crippen molar-refractivity contribution < 1.29 is 42.9 Å². The van der Waals surface area contributed by atoms with E-state index in [1.165, 1.54) is 0 Å². The summed E-state index contributed by atoms with van der Waals surface area (Å²) in [4.78, 5) is 48.6. The van der Waals surface area contributed by atoms with Crippen molar-refractivity contribution in [3.63, 3.8) is 0 Å². The molecular weight excluding hydrogens is 468 g/mol. The highest BCUT2D eigenvalue weighted by atomic mass is 16.6. The van der Waals surface area contributed by atoms with E-state index in [0.29, 0.717) is 51.7 Å². The predicted octanol–water partition coefficient (Wildman–Crippen LogP) is 3.95. The standard InChI is InChI=1S/C27H36O9/c1-4-24(28)33-14-6-7-15-34-25(29)20-9-11-21(12-10-20)26(30)36-23-13-8-19(3)18-22(23)27(31)35-17-16-32-5-2/h4,8,13,18,20-21H,1,5-7,9-12,14-17H2,2-3H3. The van der Waals surface area contributed by atoms with Gasteiger partial charge in [-0.25, -0.2) is 9.59 Å². The van der Waals surface area contributed by atoms with Crippen LogP contribution < -0.4 is 4.74 Å². The summed E-state index contributed by atoms with van der Waals surface area (Å²) in [6, 6.07) is 4.98. The van der Waals surface area contributed by atoms with E-state index in [0.717, 1.165) is 11.6 Å². The summed E-state index contributed by atoms with van der Waals surface area (Å²) in [6.45, 7) is 8.44. The van der Waals surface area contributed by atoms with Crippen LogP contribution in [0, 0.1) is 18.8 Å². The van der Waals surface area contributed by atoms with Crippen LogP contribution in [0.5, 0.6) is 5.75 Å². The van der Waals surface area contributed by atoms with Crippen LogP contribution in [0.1, 0.15) is 61.4 Å². The summed E-state index contributed by atoms with van der Waals surface area (Å²) in [6.07, 6.45) is 4.32. The van der Waals surface area contributed by atoms with Gasteiger partial charge in [0.15, 0.2) is 0 Å². The first-order valence-corrected chi connectivity index (χ1v) is 12.4. The first kappa shape index (κ1) is 29.0. The maximum absolute atomic E-state index is 12.8. The van der Waals surface area contributed by atoms with Crippen LogP contribution in [-0.2, 0) is 33.3 Å². The normalized spacial score (nSPS) is 17.1. The number of carbonyl (C=O) groups is 4. The fraction of sp³-hybridized carbons (Fsp3) is 0.556. The van der Waals surface area contributed by atoms with E-state index in [1.807, 2.05) is 13.8 Å². The number of benzene rings is 1. The molecule has 9 heteroatoms. The SMILES string of the molecule is C=CC(=O)OCCCCOC(=O)C1CCC(C(=O)Oc2ccc(C)cc2C(=O)OCCOCC)CC1. The molecule has 9 nitrogen and oxygen atoms in total. The molecule has 0 spiro atoms. The van der Waals surface area contributed by atoms with Gasteiger partial charge in [0.1, 0.15) is 17.9 Å². The lowest BCUT2D eigenvalue weighted by atomic mass is 9.82. The molecule has 0 amide bonds. The average Bonchev–Trinajstić information content (AvgIpc) is 2.89. The zero-order chi connectivity index (χ0) is 26.3. The zero-order valence-corrected chi connectivity index (χ0v) is 21.1. The number of unbranched alkanes of at least 4 members (excludes halogenated alkanes) is 1. The van der Waals surface area contributed by atoms with Gasteiger partial charge >= 0.3 is 23.9 Å². The molecule has 0 aromatic heterocycles. The summed E-state index contributed by atoms with van der Waals surface area (Å²) >= 11 is 0. The van der Waals surface area contributed by atoms with Crippen LogP contribution in [0.25, 0.3) is 0 Å². The molecule has 0 bridgehead atoms. The largest absolute Gasteiger partial charge is 0.465 e. The van der Waals surface area contributed by atoms with Crippen molar-refractivity contribution in [1.29, 1.82) is 0 Å². The highest BCUT2D eigenvalue weighted by Crippen LogP contribution is 2.32. The number of rotatable bonds is 14. The Morgan fingerprint density at radius 1 is 0.889 bits per heavy atom. The van der Waals surface area contributed by atoms with Crippen LogP contribution >= 0.6 is 0 Å². The molecule has 0 aliphatic heterocycles. The molecule has 1 aliphatic carbocycles. The minimum absolute atomic E-state index is 0.108. The average molecular weight is 505 g/mol. The van der Waals surface area contributed by atoms with E-state index in [2.05, 4.69) is 6.58 Å². The Hall–Kier alpha value is -3.20. The van der Waals surface area contributed by atoms with Gasteiger partial charge in [-0.15, -0.1) is 0 Å². The molecule has 0 heterocycles. The van der Waals surface area contributed by atoms with Crippen LogP contribution in [0.2, 0.25) is 0 Å². The Balaban J connectivity index is 1.78. The number of ether oxygens (including phenoxy) is 5. The molecule has 0 saturated heterocycles. The van der Waals surface area contributed by atoms with E-state index < -0.39 is 17.9 Å². The fourth-order valence-electron chi connectivity index (χ4n) is 3.79. The summed E-state index contributed by atoms with van der Waals surface area (Å²) < 4.78 is 26.2. The number of esters is 4. The van der Waals surface area contributed by atoms with Crippen LogP contribution in [0.3, 0.4) is 0 Å². The Labute approximate surface area is 212 Å². The third kappa shape index (κ3) is 9.81. The Kier molecular flexibility index (Phi) is 12.7. The van der Waals surface area contributed by atoms with Crippen molar-refractivity contribution in [3.05, 3.63) is 42.0 Å². The van der Waals surface area contributed by atoms with Gasteiger partial charge in [-0.1, -0.05) is 12.6 Å². The van der Waals surface area contributed by atoms with Gasteiger partial charge in [0.05, 0.1) is 31.7 Å². The number of carbonyl (C=O) groups excluding carboxylic acids is 4. The second-order valence-corrected chi connectivity index (χ2v) is 8.55. The molecule has 198 valence electrons. The van der Waals surface area contributed by atoms with Gasteiger partial charge in [0.25, 0.3) is 0 Å². The quantitative estimate of drug-likeness (QED) is 0.122. The summed E-state index contributed by atoms with van der Waals surface area (Å²) in [5, 5.41) is 0. The van der Waals surface area contributed by atoms with Crippen molar-refractivity contribution >= 4 is 23.9 Å². The maximum Gasteiger partial charge on any atom is 0.342 e. The molecule has 1 aromatic rings. The summed E-state index contributed by atoms with van der Waals surface area (Å²) in [7, 11) is 0. The molecule has 0 N–H and O–H groups in total. The molecule has 0 atom stereocenters. The minimum atomic E-state index is -0.577.